The maximum Gasteiger partial charge on any atom is 0.261 e. The van der Waals surface area contributed by atoms with E-state index >= 15 is 0 Å². The molecule has 0 aliphatic rings. The van der Waals surface area contributed by atoms with Gasteiger partial charge in [0.2, 0.25) is 11.7 Å². The van der Waals surface area contributed by atoms with E-state index in [4.69, 9.17) is 9.26 Å². The van der Waals surface area contributed by atoms with E-state index < -0.39 is 5.82 Å². The summed E-state index contributed by atoms with van der Waals surface area (Å²) >= 11 is 0. The van der Waals surface area contributed by atoms with E-state index in [0.29, 0.717) is 17.3 Å². The molecule has 4 aromatic rings. The number of benzene rings is 2. The van der Waals surface area contributed by atoms with Gasteiger partial charge in [0, 0.05) is 5.39 Å². The predicted molar refractivity (Wildman–Crippen MR) is 91.7 cm³/mol. The van der Waals surface area contributed by atoms with Crippen molar-refractivity contribution in [3.63, 3.8) is 0 Å². The average Bonchev–Trinajstić information content (AvgIpc) is 3.11. The van der Waals surface area contributed by atoms with Crippen molar-refractivity contribution in [1.82, 2.24) is 15.1 Å². The smallest absolute Gasteiger partial charge is 0.261 e. The van der Waals surface area contributed by atoms with Crippen LogP contribution in [0, 0.1) is 12.7 Å². The van der Waals surface area contributed by atoms with Gasteiger partial charge in [0.15, 0.2) is 0 Å². The van der Waals surface area contributed by atoms with Crippen LogP contribution in [0.2, 0.25) is 0 Å². The molecule has 0 fully saturated rings. The van der Waals surface area contributed by atoms with Crippen LogP contribution in [0.15, 0.2) is 53.1 Å². The molecule has 5 nitrogen and oxygen atoms in total. The normalized spacial score (nSPS) is 11.0. The molecular formula is C19H14FN3O2. The number of ether oxygens (including phenoxy) is 1. The Morgan fingerprint density at radius 2 is 1.84 bits per heavy atom. The third-order valence-corrected chi connectivity index (χ3v) is 3.98. The fraction of sp³-hybridized carbons (Fsp3) is 0.105. The lowest BCUT2D eigenvalue weighted by molar-refractivity contribution is 0.399. The van der Waals surface area contributed by atoms with Crippen LogP contribution in [0.1, 0.15) is 5.56 Å². The molecule has 0 atom stereocenters. The van der Waals surface area contributed by atoms with Crippen molar-refractivity contribution in [2.75, 3.05) is 7.11 Å². The largest absolute Gasteiger partial charge is 0.480 e. The van der Waals surface area contributed by atoms with Gasteiger partial charge in [-0.25, -0.2) is 9.37 Å². The molecule has 0 N–H and O–H groups in total. The van der Waals surface area contributed by atoms with Crippen molar-refractivity contribution in [1.29, 1.82) is 0 Å². The number of pyridine rings is 1. The lowest BCUT2D eigenvalue weighted by Crippen LogP contribution is -1.95. The van der Waals surface area contributed by atoms with Crippen molar-refractivity contribution in [2.24, 2.45) is 0 Å². The summed E-state index contributed by atoms with van der Waals surface area (Å²) < 4.78 is 24.6. The van der Waals surface area contributed by atoms with Crippen LogP contribution in [0.5, 0.6) is 5.88 Å². The summed E-state index contributed by atoms with van der Waals surface area (Å²) in [5, 5.41) is 4.91. The maximum absolute atomic E-state index is 13.9. The molecule has 0 amide bonds. The molecule has 0 radical (unpaired) electrons. The first-order valence-electron chi connectivity index (χ1n) is 7.70. The van der Waals surface area contributed by atoms with Gasteiger partial charge in [-0.05, 0) is 30.7 Å². The van der Waals surface area contributed by atoms with Crippen molar-refractivity contribution in [3.8, 4) is 28.7 Å². The third kappa shape index (κ3) is 2.61. The zero-order chi connectivity index (χ0) is 17.4. The van der Waals surface area contributed by atoms with Gasteiger partial charge >= 0.3 is 0 Å². The number of hydrogen-bond donors (Lipinski definition) is 0. The number of para-hydroxylation sites is 1. The maximum atomic E-state index is 13.9. The van der Waals surface area contributed by atoms with E-state index in [0.717, 1.165) is 16.5 Å². The van der Waals surface area contributed by atoms with Gasteiger partial charge < -0.3 is 9.26 Å². The van der Waals surface area contributed by atoms with E-state index in [1.54, 1.807) is 18.2 Å². The van der Waals surface area contributed by atoms with Gasteiger partial charge in [0.25, 0.3) is 5.89 Å². The van der Waals surface area contributed by atoms with Gasteiger partial charge in [0.05, 0.1) is 23.8 Å². The molecule has 0 bridgehead atoms. The third-order valence-electron chi connectivity index (χ3n) is 3.98. The molecule has 0 aliphatic carbocycles. The lowest BCUT2D eigenvalue weighted by atomic mass is 10.1. The molecule has 6 heteroatoms. The second-order valence-corrected chi connectivity index (χ2v) is 5.59. The number of halogens is 1. The Labute approximate surface area is 143 Å². The topological polar surface area (TPSA) is 61.0 Å². The van der Waals surface area contributed by atoms with E-state index in [2.05, 4.69) is 15.1 Å². The Balaban J connectivity index is 1.86. The van der Waals surface area contributed by atoms with Crippen molar-refractivity contribution in [3.05, 3.63) is 59.9 Å². The first kappa shape index (κ1) is 15.3. The molecule has 2 heterocycles. The number of fused-ring (bicyclic) bond motifs is 1. The Morgan fingerprint density at radius 3 is 2.64 bits per heavy atom. The summed E-state index contributed by atoms with van der Waals surface area (Å²) in [5.74, 6) is 0.380. The Morgan fingerprint density at radius 1 is 1.00 bits per heavy atom. The molecular weight excluding hydrogens is 321 g/mol. The Bertz CT molecular complexity index is 1080. The van der Waals surface area contributed by atoms with Gasteiger partial charge in [0.1, 0.15) is 5.82 Å². The highest BCUT2D eigenvalue weighted by molar-refractivity contribution is 5.87. The second-order valence-electron chi connectivity index (χ2n) is 5.59. The SMILES string of the molecule is COc1nc2c(C)cccc2cc1-c1noc(-c2ccccc2F)n1. The minimum Gasteiger partial charge on any atom is -0.480 e. The van der Waals surface area contributed by atoms with Crippen LogP contribution >= 0.6 is 0 Å². The van der Waals surface area contributed by atoms with Crippen molar-refractivity contribution < 1.29 is 13.7 Å². The molecule has 0 aliphatic heterocycles. The Hall–Kier alpha value is -3.28. The first-order chi connectivity index (χ1) is 12.2. The minimum absolute atomic E-state index is 0.111. The van der Waals surface area contributed by atoms with Crippen LogP contribution in [0.3, 0.4) is 0 Å². The number of nitrogens with zero attached hydrogens (tertiary/aromatic N) is 3. The van der Waals surface area contributed by atoms with Gasteiger partial charge in [-0.1, -0.05) is 35.5 Å². The number of methoxy groups -OCH3 is 1. The molecule has 0 saturated carbocycles. The molecule has 2 aromatic heterocycles. The lowest BCUT2D eigenvalue weighted by Gasteiger charge is -2.08. The highest BCUT2D eigenvalue weighted by Crippen LogP contribution is 2.32. The quantitative estimate of drug-likeness (QED) is 0.555. The van der Waals surface area contributed by atoms with Crippen LogP contribution in [-0.4, -0.2) is 22.2 Å². The molecule has 0 spiro atoms. The fourth-order valence-corrected chi connectivity index (χ4v) is 2.72. The molecule has 4 rings (SSSR count). The monoisotopic (exact) mass is 335 g/mol. The highest BCUT2D eigenvalue weighted by Gasteiger charge is 2.18. The van der Waals surface area contributed by atoms with Crippen molar-refractivity contribution >= 4 is 10.9 Å². The van der Waals surface area contributed by atoms with E-state index in [9.17, 15) is 4.39 Å². The Kier molecular flexibility index (Phi) is 3.65. The molecule has 0 unspecified atom stereocenters. The van der Waals surface area contributed by atoms with Crippen LogP contribution in [0.25, 0.3) is 33.7 Å². The van der Waals surface area contributed by atoms with E-state index in [1.165, 1.54) is 13.2 Å². The molecule has 124 valence electrons. The van der Waals surface area contributed by atoms with E-state index in [1.807, 2.05) is 31.2 Å². The highest BCUT2D eigenvalue weighted by atomic mass is 19.1. The zero-order valence-corrected chi connectivity index (χ0v) is 13.7. The van der Waals surface area contributed by atoms with Crippen LogP contribution in [-0.2, 0) is 0 Å². The summed E-state index contributed by atoms with van der Waals surface area (Å²) in [6.45, 7) is 1.99. The number of hydrogen-bond acceptors (Lipinski definition) is 5. The van der Waals surface area contributed by atoms with E-state index in [-0.39, 0.29) is 11.5 Å². The fourth-order valence-electron chi connectivity index (χ4n) is 2.72. The number of aromatic nitrogens is 3. The number of rotatable bonds is 3. The van der Waals surface area contributed by atoms with Crippen LogP contribution in [0.4, 0.5) is 4.39 Å². The van der Waals surface area contributed by atoms with Gasteiger partial charge in [-0.3, -0.25) is 0 Å². The summed E-state index contributed by atoms with van der Waals surface area (Å²) in [7, 11) is 1.54. The predicted octanol–water partition coefficient (Wildman–Crippen LogP) is 4.41. The summed E-state index contributed by atoms with van der Waals surface area (Å²) in [4.78, 5) is 8.86. The molecule has 25 heavy (non-hydrogen) atoms. The van der Waals surface area contributed by atoms with Crippen LogP contribution < -0.4 is 4.74 Å². The molecule has 2 aromatic carbocycles. The summed E-state index contributed by atoms with van der Waals surface area (Å²) in [6.07, 6.45) is 0. The van der Waals surface area contributed by atoms with Gasteiger partial charge in [-0.2, -0.15) is 4.98 Å². The summed E-state index contributed by atoms with van der Waals surface area (Å²) in [5.41, 5.74) is 2.74. The average molecular weight is 335 g/mol. The minimum atomic E-state index is -0.420. The number of aryl methyl sites for hydroxylation is 1. The zero-order valence-electron chi connectivity index (χ0n) is 13.7. The van der Waals surface area contributed by atoms with Crippen molar-refractivity contribution in [2.45, 2.75) is 6.92 Å². The first-order valence-corrected chi connectivity index (χ1v) is 7.70. The standard InChI is InChI=1S/C19H14FN3O2/c1-11-6-5-7-12-10-14(18(24-2)21-16(11)12)17-22-19(25-23-17)13-8-3-4-9-15(13)20/h3-10H,1-2H3. The molecule has 0 saturated heterocycles. The summed E-state index contributed by atoms with van der Waals surface area (Å²) in [6, 6.07) is 14.0. The van der Waals surface area contributed by atoms with Gasteiger partial charge in [-0.15, -0.1) is 0 Å². The second kappa shape index (κ2) is 5.98.